The Morgan fingerprint density at radius 1 is 1.03 bits per heavy atom. The third-order valence-electron chi connectivity index (χ3n) is 6.21. The van der Waals surface area contributed by atoms with Crippen molar-refractivity contribution in [1.82, 2.24) is 5.32 Å². The molecule has 0 aromatic heterocycles. The van der Waals surface area contributed by atoms with Crippen LogP contribution in [0.15, 0.2) is 36.4 Å². The molecule has 9 heteroatoms. The smallest absolute Gasteiger partial charge is 0.391 e. The number of nitrogens with one attached hydrogen (secondary N) is 1. The molecule has 2 aromatic rings. The first-order valence-corrected chi connectivity index (χ1v) is 10.5. The lowest BCUT2D eigenvalue weighted by molar-refractivity contribution is -0.188. The van der Waals surface area contributed by atoms with Crippen molar-refractivity contribution >= 4 is 11.9 Å². The van der Waals surface area contributed by atoms with Crippen LogP contribution in [0.5, 0.6) is 0 Å². The van der Waals surface area contributed by atoms with Gasteiger partial charge in [0.2, 0.25) is 5.91 Å². The molecule has 1 amide bonds. The zero-order chi connectivity index (χ0) is 24.4. The second kappa shape index (κ2) is 9.49. The first kappa shape index (κ1) is 24.7. The lowest BCUT2D eigenvalue weighted by atomic mass is 9.76. The van der Waals surface area contributed by atoms with E-state index in [1.54, 1.807) is 25.1 Å². The lowest BCUT2D eigenvalue weighted by Crippen LogP contribution is -2.58. The maximum Gasteiger partial charge on any atom is 0.391 e. The normalized spacial score (nSPS) is 20.9. The summed E-state index contributed by atoms with van der Waals surface area (Å²) < 4.78 is 70.8. The molecule has 0 unspecified atom stereocenters. The summed E-state index contributed by atoms with van der Waals surface area (Å²) in [7, 11) is 1.13. The summed E-state index contributed by atoms with van der Waals surface area (Å²) in [5.74, 6) is -4.82. The highest BCUT2D eigenvalue weighted by Gasteiger charge is 2.50. The number of amides is 1. The van der Waals surface area contributed by atoms with E-state index in [0.717, 1.165) is 24.8 Å². The topological polar surface area (TPSA) is 55.4 Å². The van der Waals surface area contributed by atoms with Crippen LogP contribution in [0.25, 0.3) is 11.1 Å². The first-order chi connectivity index (χ1) is 15.4. The number of rotatable bonds is 5. The average molecular weight is 469 g/mol. The number of carbonyl (C=O) groups is 2. The van der Waals surface area contributed by atoms with Crippen molar-refractivity contribution < 1.29 is 36.3 Å². The number of carbonyl (C=O) groups excluding carboxylic acids is 2. The minimum atomic E-state index is -4.36. The molecule has 33 heavy (non-hydrogen) atoms. The van der Waals surface area contributed by atoms with Crippen molar-refractivity contribution in [3.63, 3.8) is 0 Å². The van der Waals surface area contributed by atoms with E-state index in [4.69, 9.17) is 4.74 Å². The largest absolute Gasteiger partial charge is 0.467 e. The Labute approximate surface area is 188 Å². The standard InChI is InChI=1S/C24H24F5NO3/c1-14-3-4-15(16-5-6-19(25)20(26)12-16)11-17(14)13-21(31)30-23(22(32)33-2)9-7-18(8-10-23)24(27,28)29/h3-6,11-12,18H,7-10,13H2,1-2H3,(H,30,31)/t18-,23+. The number of methoxy groups -OCH3 is 1. The van der Waals surface area contributed by atoms with Gasteiger partial charge in [-0.3, -0.25) is 4.79 Å². The molecule has 0 heterocycles. The van der Waals surface area contributed by atoms with Gasteiger partial charge in [-0.15, -0.1) is 0 Å². The second-order valence-corrected chi connectivity index (χ2v) is 8.38. The number of hydrogen-bond acceptors (Lipinski definition) is 3. The average Bonchev–Trinajstić information content (AvgIpc) is 2.76. The van der Waals surface area contributed by atoms with Gasteiger partial charge < -0.3 is 10.1 Å². The van der Waals surface area contributed by atoms with Gasteiger partial charge in [0.25, 0.3) is 0 Å². The summed E-state index contributed by atoms with van der Waals surface area (Å²) >= 11 is 0. The van der Waals surface area contributed by atoms with Crippen LogP contribution in [0.1, 0.15) is 36.8 Å². The molecule has 0 atom stereocenters. The van der Waals surface area contributed by atoms with Gasteiger partial charge in [0.1, 0.15) is 5.54 Å². The molecule has 1 N–H and O–H groups in total. The highest BCUT2D eigenvalue weighted by molar-refractivity contribution is 5.89. The van der Waals surface area contributed by atoms with Crippen molar-refractivity contribution in [1.29, 1.82) is 0 Å². The number of alkyl halides is 3. The molecule has 4 nitrogen and oxygen atoms in total. The zero-order valence-electron chi connectivity index (χ0n) is 18.2. The molecule has 0 saturated heterocycles. The van der Waals surface area contributed by atoms with Crippen molar-refractivity contribution in [2.45, 2.75) is 50.7 Å². The molecule has 2 aromatic carbocycles. The second-order valence-electron chi connectivity index (χ2n) is 8.38. The molecule has 1 saturated carbocycles. The van der Waals surface area contributed by atoms with Crippen molar-refractivity contribution in [3.8, 4) is 11.1 Å². The van der Waals surface area contributed by atoms with E-state index >= 15 is 0 Å². The maximum atomic E-state index is 13.6. The summed E-state index contributed by atoms with van der Waals surface area (Å²) in [6.07, 6.45) is -5.44. The number of aryl methyl sites for hydroxylation is 1. The molecular weight excluding hydrogens is 445 g/mol. The Balaban J connectivity index is 1.78. The Kier molecular flexibility index (Phi) is 7.09. The van der Waals surface area contributed by atoms with Gasteiger partial charge in [-0.25, -0.2) is 13.6 Å². The fourth-order valence-electron chi connectivity index (χ4n) is 4.21. The summed E-state index contributed by atoms with van der Waals surface area (Å²) in [5.41, 5.74) is 0.810. The monoisotopic (exact) mass is 469 g/mol. The van der Waals surface area contributed by atoms with Crippen molar-refractivity contribution in [3.05, 3.63) is 59.2 Å². The summed E-state index contributed by atoms with van der Waals surface area (Å²) in [5, 5.41) is 2.62. The van der Waals surface area contributed by atoms with Crippen LogP contribution in [0.4, 0.5) is 22.0 Å². The van der Waals surface area contributed by atoms with E-state index in [2.05, 4.69) is 5.32 Å². The zero-order valence-corrected chi connectivity index (χ0v) is 18.2. The van der Waals surface area contributed by atoms with Gasteiger partial charge in [0, 0.05) is 0 Å². The third-order valence-corrected chi connectivity index (χ3v) is 6.21. The Morgan fingerprint density at radius 3 is 2.21 bits per heavy atom. The Hall–Kier alpha value is -2.97. The van der Waals surface area contributed by atoms with Crippen molar-refractivity contribution in [2.24, 2.45) is 5.92 Å². The molecule has 3 rings (SSSR count). The Morgan fingerprint density at radius 2 is 1.64 bits per heavy atom. The van der Waals surface area contributed by atoms with Gasteiger partial charge in [-0.1, -0.05) is 24.3 Å². The van der Waals surface area contributed by atoms with Crippen molar-refractivity contribution in [2.75, 3.05) is 7.11 Å². The van der Waals surface area contributed by atoms with E-state index in [-0.39, 0.29) is 32.1 Å². The van der Waals surface area contributed by atoms with Crippen LogP contribution in [0.2, 0.25) is 0 Å². The van der Waals surface area contributed by atoms with Crippen LogP contribution in [-0.4, -0.2) is 30.7 Å². The fourth-order valence-corrected chi connectivity index (χ4v) is 4.21. The number of benzene rings is 2. The predicted molar refractivity (Wildman–Crippen MR) is 111 cm³/mol. The maximum absolute atomic E-state index is 13.6. The predicted octanol–water partition coefficient (Wildman–Crippen LogP) is 5.26. The van der Waals surface area contributed by atoms with E-state index in [1.165, 1.54) is 6.07 Å². The molecular formula is C24H24F5NO3. The number of ether oxygens (including phenoxy) is 1. The Bertz CT molecular complexity index is 1040. The van der Waals surface area contributed by atoms with Crippen LogP contribution in [-0.2, 0) is 20.7 Å². The molecule has 1 aliphatic carbocycles. The number of esters is 1. The first-order valence-electron chi connectivity index (χ1n) is 10.5. The minimum absolute atomic E-state index is 0.148. The molecule has 178 valence electrons. The van der Waals surface area contributed by atoms with Crippen LogP contribution >= 0.6 is 0 Å². The van der Waals surface area contributed by atoms with E-state index in [1.807, 2.05) is 0 Å². The summed E-state index contributed by atoms with van der Waals surface area (Å²) in [6, 6.07) is 8.57. The van der Waals surface area contributed by atoms with Crippen LogP contribution in [0.3, 0.4) is 0 Å². The van der Waals surface area contributed by atoms with E-state index < -0.39 is 41.1 Å². The molecule has 1 aliphatic rings. The van der Waals surface area contributed by atoms with Gasteiger partial charge in [-0.2, -0.15) is 13.2 Å². The molecule has 0 spiro atoms. The number of halogens is 5. The minimum Gasteiger partial charge on any atom is -0.467 e. The van der Waals surface area contributed by atoms with Crippen LogP contribution in [0, 0.1) is 24.5 Å². The SMILES string of the molecule is COC(=O)[C@]1(NC(=O)Cc2cc(-c3ccc(F)c(F)c3)ccc2C)CC[C@@H](C(F)(F)F)CC1. The van der Waals surface area contributed by atoms with Gasteiger partial charge in [-0.05, 0) is 67.0 Å². The molecule has 0 radical (unpaired) electrons. The summed E-state index contributed by atoms with van der Waals surface area (Å²) in [4.78, 5) is 25.2. The molecule has 0 bridgehead atoms. The van der Waals surface area contributed by atoms with Gasteiger partial charge in [0.05, 0.1) is 19.4 Å². The highest BCUT2D eigenvalue weighted by Crippen LogP contribution is 2.41. The van der Waals surface area contributed by atoms with E-state index in [9.17, 15) is 31.5 Å². The summed E-state index contributed by atoms with van der Waals surface area (Å²) in [6.45, 7) is 1.77. The van der Waals surface area contributed by atoms with Gasteiger partial charge in [0.15, 0.2) is 11.6 Å². The van der Waals surface area contributed by atoms with Crippen LogP contribution < -0.4 is 5.32 Å². The quantitative estimate of drug-likeness (QED) is 0.480. The fraction of sp³-hybridized carbons (Fsp3) is 0.417. The highest BCUT2D eigenvalue weighted by atomic mass is 19.4. The number of hydrogen-bond donors (Lipinski definition) is 1. The molecule has 0 aliphatic heterocycles. The van der Waals surface area contributed by atoms with Gasteiger partial charge >= 0.3 is 12.1 Å². The molecule has 1 fully saturated rings. The third kappa shape index (κ3) is 5.51. The van der Waals surface area contributed by atoms with E-state index in [0.29, 0.717) is 16.7 Å². The lowest BCUT2D eigenvalue weighted by Gasteiger charge is -2.38.